The largest absolute Gasteiger partial charge is 0.394 e. The Labute approximate surface area is 156 Å². The maximum Gasteiger partial charge on any atom is 0.224 e. The molecule has 1 unspecified atom stereocenters. The highest BCUT2D eigenvalue weighted by molar-refractivity contribution is 5.02. The van der Waals surface area contributed by atoms with E-state index in [9.17, 15) is 40.9 Å². The molecule has 0 bridgehead atoms. The molecule has 11 nitrogen and oxygen atoms in total. The third-order valence-electron chi connectivity index (χ3n) is 5.17. The SMILES string of the molecule is CCCC[C@@]1(OC2(CO)O[C@H](CO)[C@@H](O)[C@@H]2O)O[C@H](CO)[C@@H](O)[C@H](O)[C@H]1O. The Morgan fingerprint density at radius 3 is 1.78 bits per heavy atom. The second-order valence-electron chi connectivity index (χ2n) is 7.03. The fraction of sp³-hybridized carbons (Fsp3) is 1.00. The van der Waals surface area contributed by atoms with Crippen molar-refractivity contribution in [1.82, 2.24) is 0 Å². The number of ether oxygens (including phenoxy) is 3. The van der Waals surface area contributed by atoms with Crippen LogP contribution in [0.3, 0.4) is 0 Å². The molecule has 0 aromatic rings. The molecule has 0 radical (unpaired) electrons. The first-order valence-electron chi connectivity index (χ1n) is 9.00. The third-order valence-corrected chi connectivity index (χ3v) is 5.17. The average Bonchev–Trinajstić information content (AvgIpc) is 2.92. The molecular weight excluding hydrogens is 368 g/mol. The van der Waals surface area contributed by atoms with E-state index in [0.29, 0.717) is 12.8 Å². The van der Waals surface area contributed by atoms with Gasteiger partial charge in [0.2, 0.25) is 11.6 Å². The smallest absolute Gasteiger partial charge is 0.224 e. The van der Waals surface area contributed by atoms with Crippen molar-refractivity contribution in [3.8, 4) is 0 Å². The lowest BCUT2D eigenvalue weighted by Gasteiger charge is -2.51. The van der Waals surface area contributed by atoms with Gasteiger partial charge in [0.05, 0.1) is 13.2 Å². The molecule has 0 aromatic carbocycles. The van der Waals surface area contributed by atoms with Crippen LogP contribution in [0.15, 0.2) is 0 Å². The molecule has 160 valence electrons. The van der Waals surface area contributed by atoms with E-state index in [2.05, 4.69) is 0 Å². The van der Waals surface area contributed by atoms with Crippen LogP contribution in [0, 0.1) is 0 Å². The average molecular weight is 398 g/mol. The number of aliphatic hydroxyl groups is 8. The zero-order valence-corrected chi connectivity index (χ0v) is 15.1. The Morgan fingerprint density at radius 2 is 1.30 bits per heavy atom. The van der Waals surface area contributed by atoms with Crippen LogP contribution in [-0.4, -0.2) is 115 Å². The lowest BCUT2D eigenvalue weighted by Crippen LogP contribution is -2.69. The van der Waals surface area contributed by atoms with Crippen molar-refractivity contribution in [1.29, 1.82) is 0 Å². The fourth-order valence-corrected chi connectivity index (χ4v) is 3.52. The van der Waals surface area contributed by atoms with Gasteiger partial charge in [-0.15, -0.1) is 0 Å². The van der Waals surface area contributed by atoms with E-state index in [1.54, 1.807) is 0 Å². The highest BCUT2D eigenvalue weighted by Crippen LogP contribution is 2.42. The second kappa shape index (κ2) is 8.93. The normalized spacial score (nSPS) is 48.1. The monoisotopic (exact) mass is 398 g/mol. The zero-order valence-electron chi connectivity index (χ0n) is 15.1. The quantitative estimate of drug-likeness (QED) is 0.200. The summed E-state index contributed by atoms with van der Waals surface area (Å²) < 4.78 is 16.6. The first kappa shape index (κ1) is 22.8. The van der Waals surface area contributed by atoms with Crippen LogP contribution in [0.1, 0.15) is 26.2 Å². The summed E-state index contributed by atoms with van der Waals surface area (Å²) in [6.45, 7) is -0.491. The molecule has 2 heterocycles. The number of hydrogen-bond donors (Lipinski definition) is 8. The maximum atomic E-state index is 10.6. The molecule has 2 rings (SSSR count). The van der Waals surface area contributed by atoms with Crippen LogP contribution in [0.2, 0.25) is 0 Å². The van der Waals surface area contributed by atoms with Crippen molar-refractivity contribution in [2.24, 2.45) is 0 Å². The molecule has 0 aromatic heterocycles. The Kier molecular flexibility index (Phi) is 7.55. The molecule has 2 aliphatic heterocycles. The van der Waals surface area contributed by atoms with E-state index in [1.165, 1.54) is 0 Å². The predicted molar refractivity (Wildman–Crippen MR) is 87.1 cm³/mol. The lowest BCUT2D eigenvalue weighted by molar-refractivity contribution is -0.435. The summed E-state index contributed by atoms with van der Waals surface area (Å²) in [4.78, 5) is 0. The lowest BCUT2D eigenvalue weighted by atomic mass is 9.89. The molecule has 2 fully saturated rings. The standard InChI is InChI=1S/C16H30O11/c1-2-3-4-15(14(24)12(22)10(20)8(5-17)25-15)27-16(7-19)13(23)11(21)9(6-18)26-16/h8-14,17-24H,2-7H2,1H3/t8-,9-,10-,11-,12+,13+,14-,15+,16?/m1/s1. The molecule has 8 N–H and O–H groups in total. The summed E-state index contributed by atoms with van der Waals surface area (Å²) in [5.74, 6) is -4.32. The van der Waals surface area contributed by atoms with Crippen LogP contribution >= 0.6 is 0 Å². The van der Waals surface area contributed by atoms with Gasteiger partial charge in [-0.25, -0.2) is 0 Å². The van der Waals surface area contributed by atoms with Gasteiger partial charge in [-0.2, -0.15) is 0 Å². The summed E-state index contributed by atoms with van der Waals surface area (Å²) in [6.07, 6.45) is -10.1. The van der Waals surface area contributed by atoms with E-state index in [0.717, 1.165) is 0 Å². The minimum Gasteiger partial charge on any atom is -0.394 e. The van der Waals surface area contributed by atoms with E-state index in [1.807, 2.05) is 6.92 Å². The summed E-state index contributed by atoms with van der Waals surface area (Å²) in [5.41, 5.74) is 0. The molecule has 27 heavy (non-hydrogen) atoms. The minimum absolute atomic E-state index is 0.0390. The van der Waals surface area contributed by atoms with Crippen molar-refractivity contribution in [2.45, 2.75) is 80.5 Å². The number of hydrogen-bond acceptors (Lipinski definition) is 11. The van der Waals surface area contributed by atoms with E-state index >= 15 is 0 Å². The molecule has 0 saturated carbocycles. The third kappa shape index (κ3) is 4.00. The molecular formula is C16H30O11. The summed E-state index contributed by atoms with van der Waals surface area (Å²) in [5, 5.41) is 79.6. The first-order valence-corrected chi connectivity index (χ1v) is 9.00. The Morgan fingerprint density at radius 1 is 0.778 bits per heavy atom. The van der Waals surface area contributed by atoms with Crippen LogP contribution in [0.5, 0.6) is 0 Å². The second-order valence-corrected chi connectivity index (χ2v) is 7.03. The van der Waals surface area contributed by atoms with E-state index in [4.69, 9.17) is 14.2 Å². The zero-order chi connectivity index (χ0) is 20.4. The molecule has 11 heteroatoms. The molecule has 9 atom stereocenters. The summed E-state index contributed by atoms with van der Waals surface area (Å²) in [6, 6.07) is 0. The molecule has 0 aliphatic carbocycles. The Balaban J connectivity index is 2.40. The molecule has 0 spiro atoms. The molecule has 2 aliphatic rings. The van der Waals surface area contributed by atoms with Crippen molar-refractivity contribution in [2.75, 3.05) is 19.8 Å². The molecule has 2 saturated heterocycles. The van der Waals surface area contributed by atoms with Crippen molar-refractivity contribution in [3.63, 3.8) is 0 Å². The topological polar surface area (TPSA) is 190 Å². The Bertz CT molecular complexity index is 477. The van der Waals surface area contributed by atoms with Gasteiger partial charge in [-0.1, -0.05) is 13.3 Å². The van der Waals surface area contributed by atoms with Gasteiger partial charge in [-0.05, 0) is 6.42 Å². The minimum atomic E-state index is -2.26. The molecule has 0 amide bonds. The van der Waals surface area contributed by atoms with Gasteiger partial charge in [0.1, 0.15) is 49.3 Å². The highest BCUT2D eigenvalue weighted by atomic mass is 16.8. The Hall–Kier alpha value is -0.440. The van der Waals surface area contributed by atoms with E-state index in [-0.39, 0.29) is 6.42 Å². The van der Waals surface area contributed by atoms with Gasteiger partial charge in [0.25, 0.3) is 0 Å². The van der Waals surface area contributed by atoms with Gasteiger partial charge >= 0.3 is 0 Å². The summed E-state index contributed by atoms with van der Waals surface area (Å²) >= 11 is 0. The number of aliphatic hydroxyl groups excluding tert-OH is 8. The maximum absolute atomic E-state index is 10.6. The van der Waals surface area contributed by atoms with Crippen LogP contribution in [0.25, 0.3) is 0 Å². The number of rotatable bonds is 8. The van der Waals surface area contributed by atoms with Crippen LogP contribution in [0.4, 0.5) is 0 Å². The highest BCUT2D eigenvalue weighted by Gasteiger charge is 2.63. The van der Waals surface area contributed by atoms with Crippen molar-refractivity contribution in [3.05, 3.63) is 0 Å². The fourth-order valence-electron chi connectivity index (χ4n) is 3.52. The first-order chi connectivity index (χ1) is 12.7. The predicted octanol–water partition coefficient (Wildman–Crippen LogP) is -3.84. The summed E-state index contributed by atoms with van der Waals surface area (Å²) in [7, 11) is 0. The van der Waals surface area contributed by atoms with Crippen molar-refractivity contribution >= 4 is 0 Å². The van der Waals surface area contributed by atoms with Gasteiger partial charge in [0.15, 0.2) is 0 Å². The van der Waals surface area contributed by atoms with Crippen LogP contribution in [-0.2, 0) is 14.2 Å². The van der Waals surface area contributed by atoms with Gasteiger partial charge in [-0.3, -0.25) is 0 Å². The number of unbranched alkanes of at least 4 members (excludes halogenated alkanes) is 1. The van der Waals surface area contributed by atoms with Gasteiger partial charge < -0.3 is 55.1 Å². The van der Waals surface area contributed by atoms with Crippen LogP contribution < -0.4 is 0 Å². The van der Waals surface area contributed by atoms with Crippen molar-refractivity contribution < 1.29 is 55.1 Å². The van der Waals surface area contributed by atoms with E-state index < -0.39 is 74.1 Å². The van der Waals surface area contributed by atoms with Gasteiger partial charge in [0, 0.05) is 6.42 Å².